The molecule has 0 atom stereocenters. The molecule has 0 saturated carbocycles. The number of benzene rings is 1. The number of carbonyl (C=O) groups excluding carboxylic acids is 1. The van der Waals surface area contributed by atoms with Crippen molar-refractivity contribution in [3.05, 3.63) is 58.2 Å². The Bertz CT molecular complexity index is 734. The van der Waals surface area contributed by atoms with Crippen molar-refractivity contribution in [1.82, 2.24) is 15.2 Å². The maximum absolute atomic E-state index is 12.2. The topological polar surface area (TPSA) is 48.5 Å². The van der Waals surface area contributed by atoms with Crippen LogP contribution in [0, 0.1) is 0 Å². The molecular weight excluding hydrogens is 371 g/mol. The number of hydrogen-bond donors (Lipinski definition) is 1. The minimum absolute atomic E-state index is 0.0429. The van der Waals surface area contributed by atoms with Crippen molar-refractivity contribution < 1.29 is 4.79 Å². The zero-order chi connectivity index (χ0) is 18.4. The molecule has 2 aromatic rings. The molecule has 2 heterocycles. The Balaban J connectivity index is 1.38. The van der Waals surface area contributed by atoms with E-state index in [1.54, 1.807) is 6.07 Å². The molecular formula is C19H22Cl2N4O. The number of anilines is 1. The van der Waals surface area contributed by atoms with Gasteiger partial charge in [0.05, 0.1) is 6.54 Å². The van der Waals surface area contributed by atoms with E-state index in [0.717, 1.165) is 37.6 Å². The van der Waals surface area contributed by atoms with E-state index in [-0.39, 0.29) is 5.91 Å². The number of aromatic nitrogens is 1. The number of nitrogens with one attached hydrogen (secondary N) is 1. The fourth-order valence-electron chi connectivity index (χ4n) is 3.00. The van der Waals surface area contributed by atoms with Crippen molar-refractivity contribution in [3.8, 4) is 0 Å². The Kier molecular flexibility index (Phi) is 6.72. The summed E-state index contributed by atoms with van der Waals surface area (Å²) in [5, 5.41) is 4.22. The minimum Gasteiger partial charge on any atom is -0.355 e. The lowest BCUT2D eigenvalue weighted by Gasteiger charge is -2.34. The minimum atomic E-state index is 0.0429. The summed E-state index contributed by atoms with van der Waals surface area (Å²) in [7, 11) is 0. The zero-order valence-electron chi connectivity index (χ0n) is 14.5. The number of piperazine rings is 1. The molecule has 5 nitrogen and oxygen atoms in total. The van der Waals surface area contributed by atoms with Crippen molar-refractivity contribution in [2.24, 2.45) is 0 Å². The van der Waals surface area contributed by atoms with Gasteiger partial charge in [0.2, 0.25) is 5.91 Å². The second kappa shape index (κ2) is 9.21. The average Bonchev–Trinajstić information content (AvgIpc) is 2.65. The second-order valence-corrected chi connectivity index (χ2v) is 7.13. The molecule has 7 heteroatoms. The van der Waals surface area contributed by atoms with Crippen LogP contribution in [-0.4, -0.2) is 55.1 Å². The predicted octanol–water partition coefficient (Wildman–Crippen LogP) is 2.87. The van der Waals surface area contributed by atoms with Crippen LogP contribution < -0.4 is 10.2 Å². The van der Waals surface area contributed by atoms with Crippen LogP contribution in [0.5, 0.6) is 0 Å². The van der Waals surface area contributed by atoms with Crippen molar-refractivity contribution in [2.45, 2.75) is 6.42 Å². The Morgan fingerprint density at radius 3 is 2.62 bits per heavy atom. The Morgan fingerprint density at radius 2 is 1.92 bits per heavy atom. The highest BCUT2D eigenvalue weighted by Crippen LogP contribution is 2.21. The van der Waals surface area contributed by atoms with E-state index in [0.29, 0.717) is 29.6 Å². The summed E-state index contributed by atoms with van der Waals surface area (Å²) in [5.41, 5.74) is 0.986. The average molecular weight is 393 g/mol. The maximum Gasteiger partial charge on any atom is 0.234 e. The van der Waals surface area contributed by atoms with Gasteiger partial charge in [0.15, 0.2) is 0 Å². The van der Waals surface area contributed by atoms with E-state index in [1.165, 1.54) is 0 Å². The number of nitrogens with zero attached hydrogens (tertiary/aromatic N) is 3. The number of amides is 1. The van der Waals surface area contributed by atoms with Crippen LogP contribution in [0.2, 0.25) is 10.0 Å². The Morgan fingerprint density at radius 1 is 1.12 bits per heavy atom. The fourth-order valence-corrected chi connectivity index (χ4v) is 3.50. The summed E-state index contributed by atoms with van der Waals surface area (Å²) in [5.74, 6) is 1.04. The highest BCUT2D eigenvalue weighted by Gasteiger charge is 2.19. The fraction of sp³-hybridized carbons (Fsp3) is 0.368. The summed E-state index contributed by atoms with van der Waals surface area (Å²) in [6.07, 6.45) is 2.50. The summed E-state index contributed by atoms with van der Waals surface area (Å²) in [6.45, 7) is 4.45. The molecule has 1 fully saturated rings. The molecule has 1 saturated heterocycles. The molecule has 0 aliphatic carbocycles. The van der Waals surface area contributed by atoms with Crippen LogP contribution >= 0.6 is 23.2 Å². The van der Waals surface area contributed by atoms with Gasteiger partial charge in [-0.1, -0.05) is 35.3 Å². The van der Waals surface area contributed by atoms with E-state index in [2.05, 4.69) is 20.1 Å². The van der Waals surface area contributed by atoms with Crippen LogP contribution in [0.25, 0.3) is 0 Å². The lowest BCUT2D eigenvalue weighted by Crippen LogP contribution is -2.49. The molecule has 26 heavy (non-hydrogen) atoms. The first kappa shape index (κ1) is 19.0. The van der Waals surface area contributed by atoms with Crippen molar-refractivity contribution in [2.75, 3.05) is 44.2 Å². The SMILES string of the molecule is O=C(CN1CCN(c2ccccn2)CC1)NCCc1ccc(Cl)cc1Cl. The zero-order valence-corrected chi connectivity index (χ0v) is 16.0. The van der Waals surface area contributed by atoms with E-state index >= 15 is 0 Å². The molecule has 138 valence electrons. The quantitative estimate of drug-likeness (QED) is 0.820. The highest BCUT2D eigenvalue weighted by molar-refractivity contribution is 6.35. The van der Waals surface area contributed by atoms with Gasteiger partial charge >= 0.3 is 0 Å². The lowest BCUT2D eigenvalue weighted by molar-refractivity contribution is -0.122. The molecule has 1 amide bonds. The largest absolute Gasteiger partial charge is 0.355 e. The van der Waals surface area contributed by atoms with Gasteiger partial charge < -0.3 is 10.2 Å². The van der Waals surface area contributed by atoms with E-state index in [9.17, 15) is 4.79 Å². The molecule has 1 aliphatic heterocycles. The summed E-state index contributed by atoms with van der Waals surface area (Å²) in [6, 6.07) is 11.4. The van der Waals surface area contributed by atoms with Crippen molar-refractivity contribution >= 4 is 34.9 Å². The molecule has 0 unspecified atom stereocenters. The second-order valence-electron chi connectivity index (χ2n) is 6.29. The van der Waals surface area contributed by atoms with E-state index in [1.807, 2.05) is 36.5 Å². The van der Waals surface area contributed by atoms with Crippen LogP contribution in [-0.2, 0) is 11.2 Å². The van der Waals surface area contributed by atoms with Crippen LogP contribution in [0.4, 0.5) is 5.82 Å². The maximum atomic E-state index is 12.2. The first-order chi connectivity index (χ1) is 12.6. The Hall–Kier alpha value is -1.82. The lowest BCUT2D eigenvalue weighted by atomic mass is 10.1. The molecule has 0 bridgehead atoms. The third kappa shape index (κ3) is 5.34. The Labute approximate surface area is 163 Å². The van der Waals surface area contributed by atoms with Gasteiger partial charge in [-0.3, -0.25) is 9.69 Å². The standard InChI is InChI=1S/C19H22Cl2N4O/c20-16-5-4-15(17(21)13-16)6-8-23-19(26)14-24-9-11-25(12-10-24)18-3-1-2-7-22-18/h1-5,7,13H,6,8-12,14H2,(H,23,26). The molecule has 3 rings (SSSR count). The van der Waals surface area contributed by atoms with Gasteiger partial charge in [0.1, 0.15) is 5.82 Å². The number of halogens is 2. The van der Waals surface area contributed by atoms with E-state index in [4.69, 9.17) is 23.2 Å². The molecule has 1 N–H and O–H groups in total. The van der Waals surface area contributed by atoms with Gasteiger partial charge in [-0.2, -0.15) is 0 Å². The van der Waals surface area contributed by atoms with Gasteiger partial charge in [0.25, 0.3) is 0 Å². The smallest absolute Gasteiger partial charge is 0.234 e. The van der Waals surface area contributed by atoms with Gasteiger partial charge in [-0.25, -0.2) is 4.98 Å². The van der Waals surface area contributed by atoms with E-state index < -0.39 is 0 Å². The number of pyridine rings is 1. The molecule has 0 radical (unpaired) electrons. The predicted molar refractivity (Wildman–Crippen MR) is 106 cm³/mol. The summed E-state index contributed by atoms with van der Waals surface area (Å²) < 4.78 is 0. The van der Waals surface area contributed by atoms with Gasteiger partial charge in [0, 0.05) is 49.0 Å². The van der Waals surface area contributed by atoms with Crippen LogP contribution in [0.1, 0.15) is 5.56 Å². The molecule has 1 aromatic heterocycles. The number of carbonyl (C=O) groups is 1. The van der Waals surface area contributed by atoms with Crippen LogP contribution in [0.3, 0.4) is 0 Å². The van der Waals surface area contributed by atoms with Gasteiger partial charge in [-0.05, 0) is 36.2 Å². The van der Waals surface area contributed by atoms with Crippen molar-refractivity contribution in [3.63, 3.8) is 0 Å². The molecule has 1 aliphatic rings. The number of rotatable bonds is 6. The van der Waals surface area contributed by atoms with Crippen LogP contribution in [0.15, 0.2) is 42.6 Å². The first-order valence-corrected chi connectivity index (χ1v) is 9.46. The van der Waals surface area contributed by atoms with Gasteiger partial charge in [-0.15, -0.1) is 0 Å². The number of hydrogen-bond acceptors (Lipinski definition) is 4. The third-order valence-electron chi connectivity index (χ3n) is 4.44. The molecule has 0 spiro atoms. The first-order valence-electron chi connectivity index (χ1n) is 8.71. The highest BCUT2D eigenvalue weighted by atomic mass is 35.5. The monoisotopic (exact) mass is 392 g/mol. The summed E-state index contributed by atoms with van der Waals surface area (Å²) in [4.78, 5) is 21.0. The van der Waals surface area contributed by atoms with Crippen molar-refractivity contribution in [1.29, 1.82) is 0 Å². The normalized spacial score (nSPS) is 15.1. The molecule has 1 aromatic carbocycles. The summed E-state index contributed by atoms with van der Waals surface area (Å²) >= 11 is 12.0. The third-order valence-corrected chi connectivity index (χ3v) is 5.03.